The molecule has 20 heavy (non-hydrogen) atoms. The molecular formula is C13H16Cl2F3NO. The zero-order valence-electron chi connectivity index (χ0n) is 10.6. The van der Waals surface area contributed by atoms with E-state index in [0.717, 1.165) is 18.9 Å². The summed E-state index contributed by atoms with van der Waals surface area (Å²) in [7, 11) is 0. The van der Waals surface area contributed by atoms with Gasteiger partial charge in [0, 0.05) is 19.3 Å². The molecule has 0 saturated carbocycles. The third kappa shape index (κ3) is 3.79. The Labute approximate surface area is 126 Å². The predicted molar refractivity (Wildman–Crippen MR) is 74.2 cm³/mol. The molecule has 0 amide bonds. The Kier molecular flexibility index (Phi) is 6.13. The minimum absolute atomic E-state index is 0. The minimum atomic E-state index is -4.46. The van der Waals surface area contributed by atoms with Crippen LogP contribution in [-0.4, -0.2) is 13.2 Å². The largest absolute Gasteiger partial charge is 0.417 e. The van der Waals surface area contributed by atoms with Crippen LogP contribution in [0.15, 0.2) is 18.2 Å². The quantitative estimate of drug-likeness (QED) is 0.882. The SMILES string of the molecule is Cl.N[C@H](c1cccc(C(F)(F)F)c1Cl)C1CCOCC1. The molecule has 0 radical (unpaired) electrons. The van der Waals surface area contributed by atoms with E-state index in [1.54, 1.807) is 6.07 Å². The highest BCUT2D eigenvalue weighted by Crippen LogP contribution is 2.40. The first-order valence-electron chi connectivity index (χ1n) is 6.10. The third-order valence-corrected chi connectivity index (χ3v) is 3.89. The predicted octanol–water partition coefficient (Wildman–Crippen LogP) is 4.21. The third-order valence-electron chi connectivity index (χ3n) is 3.47. The molecule has 2 N–H and O–H groups in total. The standard InChI is InChI=1S/C13H15ClF3NO.ClH/c14-11-9(2-1-3-10(11)13(15,16)17)12(18)8-4-6-19-7-5-8;/h1-3,8,12H,4-7,18H2;1H/t12-;/m0./s1. The fourth-order valence-corrected chi connectivity index (χ4v) is 2.71. The lowest BCUT2D eigenvalue weighted by Gasteiger charge is -2.29. The first-order valence-corrected chi connectivity index (χ1v) is 6.48. The second-order valence-corrected chi connectivity index (χ2v) is 5.06. The van der Waals surface area contributed by atoms with Crippen LogP contribution in [0.5, 0.6) is 0 Å². The summed E-state index contributed by atoms with van der Waals surface area (Å²) in [6.07, 6.45) is -2.97. The van der Waals surface area contributed by atoms with Crippen LogP contribution in [0.25, 0.3) is 0 Å². The highest BCUT2D eigenvalue weighted by molar-refractivity contribution is 6.32. The topological polar surface area (TPSA) is 35.2 Å². The molecule has 2 nitrogen and oxygen atoms in total. The Morgan fingerprint density at radius 2 is 1.85 bits per heavy atom. The zero-order chi connectivity index (χ0) is 14.0. The minimum Gasteiger partial charge on any atom is -0.381 e. The number of hydrogen-bond donors (Lipinski definition) is 1. The molecule has 114 valence electrons. The van der Waals surface area contributed by atoms with E-state index in [2.05, 4.69) is 0 Å². The van der Waals surface area contributed by atoms with Crippen LogP contribution < -0.4 is 5.73 Å². The summed E-state index contributed by atoms with van der Waals surface area (Å²) in [6.45, 7) is 1.18. The van der Waals surface area contributed by atoms with Crippen molar-refractivity contribution in [1.29, 1.82) is 0 Å². The summed E-state index contributed by atoms with van der Waals surface area (Å²) in [5, 5.41) is -0.283. The fraction of sp³-hybridized carbons (Fsp3) is 0.538. The maximum Gasteiger partial charge on any atom is 0.417 e. The van der Waals surface area contributed by atoms with Crippen LogP contribution >= 0.6 is 24.0 Å². The van der Waals surface area contributed by atoms with Gasteiger partial charge in [0.2, 0.25) is 0 Å². The van der Waals surface area contributed by atoms with Crippen LogP contribution in [0.1, 0.15) is 30.0 Å². The van der Waals surface area contributed by atoms with Gasteiger partial charge in [0.05, 0.1) is 10.6 Å². The highest BCUT2D eigenvalue weighted by Gasteiger charge is 2.35. The van der Waals surface area contributed by atoms with Crippen molar-refractivity contribution in [1.82, 2.24) is 0 Å². The number of alkyl halides is 3. The molecule has 0 spiro atoms. The molecule has 1 fully saturated rings. The average Bonchev–Trinajstić information content (AvgIpc) is 2.38. The van der Waals surface area contributed by atoms with E-state index in [4.69, 9.17) is 22.1 Å². The molecule has 0 aliphatic carbocycles. The summed E-state index contributed by atoms with van der Waals surface area (Å²) >= 11 is 5.88. The molecule has 7 heteroatoms. The summed E-state index contributed by atoms with van der Waals surface area (Å²) in [5.41, 5.74) is 5.61. The van der Waals surface area contributed by atoms with Crippen molar-refractivity contribution < 1.29 is 17.9 Å². The number of hydrogen-bond acceptors (Lipinski definition) is 2. The van der Waals surface area contributed by atoms with Gasteiger partial charge in [-0.2, -0.15) is 13.2 Å². The monoisotopic (exact) mass is 329 g/mol. The van der Waals surface area contributed by atoms with Gasteiger partial charge in [-0.05, 0) is 30.4 Å². The van der Waals surface area contributed by atoms with E-state index >= 15 is 0 Å². The van der Waals surface area contributed by atoms with Gasteiger partial charge in [-0.25, -0.2) is 0 Å². The van der Waals surface area contributed by atoms with Gasteiger partial charge in [-0.15, -0.1) is 12.4 Å². The van der Waals surface area contributed by atoms with Crippen LogP contribution in [0, 0.1) is 5.92 Å². The first kappa shape index (κ1) is 17.6. The van der Waals surface area contributed by atoms with Crippen LogP contribution in [0.4, 0.5) is 13.2 Å². The summed E-state index contributed by atoms with van der Waals surface area (Å²) in [4.78, 5) is 0. The molecule has 1 aromatic rings. The van der Waals surface area contributed by atoms with Crippen molar-refractivity contribution in [3.8, 4) is 0 Å². The van der Waals surface area contributed by atoms with E-state index < -0.39 is 17.8 Å². The van der Waals surface area contributed by atoms with E-state index in [1.165, 1.54) is 6.07 Å². The molecular weight excluding hydrogens is 314 g/mol. The normalized spacial score (nSPS) is 18.4. The molecule has 2 rings (SSSR count). The molecule has 1 aliphatic heterocycles. The maximum absolute atomic E-state index is 12.8. The second-order valence-electron chi connectivity index (χ2n) is 4.68. The van der Waals surface area contributed by atoms with Gasteiger partial charge in [-0.1, -0.05) is 23.7 Å². The summed E-state index contributed by atoms with van der Waals surface area (Å²) in [5.74, 6) is 0.106. The van der Waals surface area contributed by atoms with Gasteiger partial charge in [0.1, 0.15) is 0 Å². The Bertz CT molecular complexity index is 448. The highest BCUT2D eigenvalue weighted by atomic mass is 35.5. The van der Waals surface area contributed by atoms with Gasteiger partial charge in [0.25, 0.3) is 0 Å². The maximum atomic E-state index is 12.8. The van der Waals surface area contributed by atoms with Gasteiger partial charge >= 0.3 is 6.18 Å². The molecule has 0 aromatic heterocycles. The molecule has 1 heterocycles. The van der Waals surface area contributed by atoms with Crippen molar-refractivity contribution in [2.75, 3.05) is 13.2 Å². The number of halogens is 5. The Morgan fingerprint density at radius 3 is 2.40 bits per heavy atom. The molecule has 1 aromatic carbocycles. The smallest absolute Gasteiger partial charge is 0.381 e. The van der Waals surface area contributed by atoms with E-state index in [0.29, 0.717) is 18.8 Å². The molecule has 1 aliphatic rings. The lowest BCUT2D eigenvalue weighted by atomic mass is 9.87. The summed E-state index contributed by atoms with van der Waals surface area (Å²) in [6, 6.07) is 3.41. The fourth-order valence-electron chi connectivity index (χ4n) is 2.36. The average molecular weight is 330 g/mol. The van der Waals surface area contributed by atoms with E-state index in [1.807, 2.05) is 0 Å². The zero-order valence-corrected chi connectivity index (χ0v) is 12.2. The Hall–Kier alpha value is -0.490. The lowest BCUT2D eigenvalue weighted by Crippen LogP contribution is -2.28. The second kappa shape index (κ2) is 6.98. The molecule has 0 bridgehead atoms. The first-order chi connectivity index (χ1) is 8.91. The van der Waals surface area contributed by atoms with Crippen LogP contribution in [-0.2, 0) is 10.9 Å². The summed E-state index contributed by atoms with van der Waals surface area (Å²) < 4.78 is 43.6. The van der Waals surface area contributed by atoms with Crippen LogP contribution in [0.3, 0.4) is 0 Å². The van der Waals surface area contributed by atoms with Crippen molar-refractivity contribution in [3.05, 3.63) is 34.3 Å². The van der Waals surface area contributed by atoms with Crippen molar-refractivity contribution in [3.63, 3.8) is 0 Å². The van der Waals surface area contributed by atoms with Gasteiger partial charge in [0.15, 0.2) is 0 Å². The molecule has 0 unspecified atom stereocenters. The van der Waals surface area contributed by atoms with Crippen LogP contribution in [0.2, 0.25) is 5.02 Å². The molecule has 1 saturated heterocycles. The van der Waals surface area contributed by atoms with Gasteiger partial charge < -0.3 is 10.5 Å². The number of rotatable bonds is 2. The van der Waals surface area contributed by atoms with Crippen molar-refractivity contribution in [2.24, 2.45) is 11.7 Å². The van der Waals surface area contributed by atoms with E-state index in [-0.39, 0.29) is 23.3 Å². The Balaban J connectivity index is 0.00000200. The van der Waals surface area contributed by atoms with E-state index in [9.17, 15) is 13.2 Å². The van der Waals surface area contributed by atoms with Gasteiger partial charge in [-0.3, -0.25) is 0 Å². The number of benzene rings is 1. The number of ether oxygens (including phenoxy) is 1. The lowest BCUT2D eigenvalue weighted by molar-refractivity contribution is -0.137. The number of nitrogens with two attached hydrogens (primary N) is 1. The van der Waals surface area contributed by atoms with Crippen molar-refractivity contribution in [2.45, 2.75) is 25.1 Å². The Morgan fingerprint density at radius 1 is 1.25 bits per heavy atom. The molecule has 1 atom stereocenters. The van der Waals surface area contributed by atoms with Crippen molar-refractivity contribution >= 4 is 24.0 Å².